The summed E-state index contributed by atoms with van der Waals surface area (Å²) in [5, 5.41) is 3.39. The monoisotopic (exact) mass is 218 g/mol. The van der Waals surface area contributed by atoms with E-state index in [4.69, 9.17) is 0 Å². The van der Waals surface area contributed by atoms with E-state index in [1.807, 2.05) is 0 Å². The van der Waals surface area contributed by atoms with E-state index in [-0.39, 0.29) is 0 Å². The third kappa shape index (κ3) is 2.83. The minimum absolute atomic E-state index is 0.686. The molecule has 0 saturated carbocycles. The van der Waals surface area contributed by atoms with Crippen molar-refractivity contribution >= 4 is 0 Å². The largest absolute Gasteiger partial charge is 0.317 e. The van der Waals surface area contributed by atoms with Crippen molar-refractivity contribution < 1.29 is 0 Å². The molecule has 2 rings (SSSR count). The van der Waals surface area contributed by atoms with Crippen LogP contribution >= 0.6 is 0 Å². The third-order valence-corrected chi connectivity index (χ3v) is 3.65. The molecule has 88 valence electrons. The van der Waals surface area contributed by atoms with Gasteiger partial charge in [-0.1, -0.05) is 30.3 Å². The molecule has 1 N–H and O–H groups in total. The maximum Gasteiger partial charge on any atom is 0.0236 e. The second-order valence-corrected chi connectivity index (χ2v) is 4.82. The first-order valence-electron chi connectivity index (χ1n) is 6.25. The quantitative estimate of drug-likeness (QED) is 0.837. The van der Waals surface area contributed by atoms with Crippen molar-refractivity contribution in [2.45, 2.75) is 38.4 Å². The van der Waals surface area contributed by atoms with Crippen LogP contribution in [0.1, 0.15) is 25.3 Å². The van der Waals surface area contributed by atoms with E-state index in [0.717, 1.165) is 6.54 Å². The zero-order valence-electron chi connectivity index (χ0n) is 10.3. The van der Waals surface area contributed by atoms with Gasteiger partial charge in [0.1, 0.15) is 0 Å². The molecular weight excluding hydrogens is 196 g/mol. The Hall–Kier alpha value is -0.860. The van der Waals surface area contributed by atoms with E-state index in [1.165, 1.54) is 24.9 Å². The molecule has 0 aliphatic carbocycles. The van der Waals surface area contributed by atoms with Gasteiger partial charge in [-0.05, 0) is 32.4 Å². The van der Waals surface area contributed by atoms with E-state index in [1.54, 1.807) is 0 Å². The molecule has 1 saturated heterocycles. The predicted molar refractivity (Wildman–Crippen MR) is 68.4 cm³/mol. The van der Waals surface area contributed by atoms with Gasteiger partial charge in [0.05, 0.1) is 0 Å². The van der Waals surface area contributed by atoms with Gasteiger partial charge in [0, 0.05) is 25.2 Å². The van der Waals surface area contributed by atoms with Crippen LogP contribution in [0.3, 0.4) is 0 Å². The number of likely N-dealkylation sites (tertiary alicyclic amines) is 1. The minimum atomic E-state index is 0.686. The number of nitrogens with one attached hydrogen (secondary N) is 1. The third-order valence-electron chi connectivity index (χ3n) is 3.65. The number of hydrogen-bond donors (Lipinski definition) is 1. The van der Waals surface area contributed by atoms with E-state index >= 15 is 0 Å². The Morgan fingerprint density at radius 2 is 2.06 bits per heavy atom. The van der Waals surface area contributed by atoms with Crippen LogP contribution in [0.4, 0.5) is 0 Å². The Morgan fingerprint density at radius 3 is 2.69 bits per heavy atom. The maximum atomic E-state index is 3.39. The summed E-state index contributed by atoms with van der Waals surface area (Å²) in [7, 11) is 2.07. The highest BCUT2D eigenvalue weighted by molar-refractivity contribution is 5.14. The van der Waals surface area contributed by atoms with Crippen LogP contribution in [-0.4, -0.2) is 30.6 Å². The highest BCUT2D eigenvalue weighted by atomic mass is 15.2. The Morgan fingerprint density at radius 1 is 1.31 bits per heavy atom. The average Bonchev–Trinajstić information content (AvgIpc) is 2.33. The summed E-state index contributed by atoms with van der Waals surface area (Å²) in [4.78, 5) is 2.59. The first-order valence-corrected chi connectivity index (χ1v) is 6.25. The lowest BCUT2D eigenvalue weighted by atomic mass is 9.98. The molecule has 2 nitrogen and oxygen atoms in total. The van der Waals surface area contributed by atoms with Crippen LogP contribution in [0.15, 0.2) is 30.3 Å². The van der Waals surface area contributed by atoms with Crippen molar-refractivity contribution in [2.24, 2.45) is 0 Å². The van der Waals surface area contributed by atoms with E-state index in [0.29, 0.717) is 12.1 Å². The molecule has 1 aliphatic heterocycles. The van der Waals surface area contributed by atoms with Crippen molar-refractivity contribution in [3.05, 3.63) is 35.9 Å². The molecule has 1 aromatic carbocycles. The Labute approximate surface area is 98.7 Å². The lowest BCUT2D eigenvalue weighted by Crippen LogP contribution is -2.46. The normalized spacial score (nSPS) is 26.9. The fourth-order valence-corrected chi connectivity index (χ4v) is 2.54. The fourth-order valence-electron chi connectivity index (χ4n) is 2.54. The lowest BCUT2D eigenvalue weighted by Gasteiger charge is -2.37. The zero-order valence-corrected chi connectivity index (χ0v) is 10.3. The Kier molecular flexibility index (Phi) is 3.97. The van der Waals surface area contributed by atoms with Crippen LogP contribution in [0.25, 0.3) is 0 Å². The van der Waals surface area contributed by atoms with Crippen molar-refractivity contribution in [1.29, 1.82) is 0 Å². The molecule has 0 aromatic heterocycles. The van der Waals surface area contributed by atoms with Gasteiger partial charge < -0.3 is 5.32 Å². The molecule has 1 aromatic rings. The lowest BCUT2D eigenvalue weighted by molar-refractivity contribution is 0.131. The van der Waals surface area contributed by atoms with Crippen molar-refractivity contribution in [3.8, 4) is 0 Å². The van der Waals surface area contributed by atoms with Gasteiger partial charge in [0.2, 0.25) is 0 Å². The summed E-state index contributed by atoms with van der Waals surface area (Å²) >= 11 is 0. The van der Waals surface area contributed by atoms with Crippen LogP contribution in [0, 0.1) is 0 Å². The molecule has 0 spiro atoms. The average molecular weight is 218 g/mol. The van der Waals surface area contributed by atoms with Gasteiger partial charge in [-0.3, -0.25) is 4.90 Å². The summed E-state index contributed by atoms with van der Waals surface area (Å²) in [6.07, 6.45) is 2.54. The van der Waals surface area contributed by atoms with Gasteiger partial charge in [-0.25, -0.2) is 0 Å². The summed E-state index contributed by atoms with van der Waals surface area (Å²) in [5.41, 5.74) is 1.43. The molecule has 0 unspecified atom stereocenters. The SMILES string of the molecule is CN[C@@H]1CCN(Cc2ccccc2)[C@@H](C)C1. The first kappa shape index (κ1) is 11.6. The molecule has 0 radical (unpaired) electrons. The van der Waals surface area contributed by atoms with E-state index in [2.05, 4.69) is 54.5 Å². The molecule has 1 heterocycles. The van der Waals surface area contributed by atoms with Crippen LogP contribution in [-0.2, 0) is 6.54 Å². The molecule has 0 amide bonds. The van der Waals surface area contributed by atoms with Gasteiger partial charge in [-0.15, -0.1) is 0 Å². The van der Waals surface area contributed by atoms with Gasteiger partial charge in [-0.2, -0.15) is 0 Å². The number of rotatable bonds is 3. The van der Waals surface area contributed by atoms with E-state index in [9.17, 15) is 0 Å². The molecule has 1 aliphatic rings. The van der Waals surface area contributed by atoms with Crippen LogP contribution in [0.2, 0.25) is 0 Å². The summed E-state index contributed by atoms with van der Waals surface area (Å²) < 4.78 is 0. The first-order chi connectivity index (χ1) is 7.79. The van der Waals surface area contributed by atoms with Crippen LogP contribution < -0.4 is 5.32 Å². The molecular formula is C14H22N2. The number of hydrogen-bond acceptors (Lipinski definition) is 2. The maximum absolute atomic E-state index is 3.39. The van der Waals surface area contributed by atoms with Gasteiger partial charge in [0.15, 0.2) is 0 Å². The van der Waals surface area contributed by atoms with Crippen molar-refractivity contribution in [2.75, 3.05) is 13.6 Å². The predicted octanol–water partition coefficient (Wildman–Crippen LogP) is 2.26. The second-order valence-electron chi connectivity index (χ2n) is 4.82. The highest BCUT2D eigenvalue weighted by Crippen LogP contribution is 2.19. The highest BCUT2D eigenvalue weighted by Gasteiger charge is 2.23. The molecule has 2 heteroatoms. The number of nitrogens with zero attached hydrogens (tertiary/aromatic N) is 1. The standard InChI is InChI=1S/C14H22N2/c1-12-10-14(15-2)8-9-16(12)11-13-6-4-3-5-7-13/h3-7,12,14-15H,8-11H2,1-2H3/t12-,14+/m0/s1. The van der Waals surface area contributed by atoms with Crippen molar-refractivity contribution in [3.63, 3.8) is 0 Å². The summed E-state index contributed by atoms with van der Waals surface area (Å²) in [5.74, 6) is 0. The summed E-state index contributed by atoms with van der Waals surface area (Å²) in [6.45, 7) is 4.65. The summed E-state index contributed by atoms with van der Waals surface area (Å²) in [6, 6.07) is 12.2. The Bertz CT molecular complexity index is 310. The topological polar surface area (TPSA) is 15.3 Å². The Balaban J connectivity index is 1.92. The smallest absolute Gasteiger partial charge is 0.0236 e. The number of piperidine rings is 1. The van der Waals surface area contributed by atoms with Gasteiger partial charge >= 0.3 is 0 Å². The molecule has 2 atom stereocenters. The number of benzene rings is 1. The molecule has 1 fully saturated rings. The van der Waals surface area contributed by atoms with E-state index < -0.39 is 0 Å². The second kappa shape index (κ2) is 5.46. The molecule has 16 heavy (non-hydrogen) atoms. The minimum Gasteiger partial charge on any atom is -0.317 e. The zero-order chi connectivity index (χ0) is 11.4. The van der Waals surface area contributed by atoms with Crippen molar-refractivity contribution in [1.82, 2.24) is 10.2 Å². The van der Waals surface area contributed by atoms with Gasteiger partial charge in [0.25, 0.3) is 0 Å². The van der Waals surface area contributed by atoms with Crippen LogP contribution in [0.5, 0.6) is 0 Å². The molecule has 0 bridgehead atoms. The fraction of sp³-hybridized carbons (Fsp3) is 0.571.